The molecule has 6 heteroatoms. The summed E-state index contributed by atoms with van der Waals surface area (Å²) in [6, 6.07) is 6.35. The van der Waals surface area contributed by atoms with Crippen LogP contribution < -0.4 is 0 Å². The zero-order chi connectivity index (χ0) is 18.8. The molecule has 1 aliphatic carbocycles. The molecule has 0 radical (unpaired) electrons. The first-order chi connectivity index (χ1) is 13.1. The molecule has 4 rings (SSSR count). The van der Waals surface area contributed by atoms with Gasteiger partial charge in [-0.3, -0.25) is 9.59 Å². The van der Waals surface area contributed by atoms with Gasteiger partial charge in [0, 0.05) is 43.5 Å². The summed E-state index contributed by atoms with van der Waals surface area (Å²) in [6.45, 7) is 2.19. The lowest BCUT2D eigenvalue weighted by molar-refractivity contribution is -0.133. The van der Waals surface area contributed by atoms with Gasteiger partial charge in [0.05, 0.1) is 0 Å². The van der Waals surface area contributed by atoms with E-state index in [-0.39, 0.29) is 17.6 Å². The Hall–Kier alpha value is -2.37. The molecule has 1 aromatic heterocycles. The van der Waals surface area contributed by atoms with Crippen LogP contribution in [-0.4, -0.2) is 52.8 Å². The monoisotopic (exact) mass is 371 g/mol. The smallest absolute Gasteiger partial charge is 0.270 e. The Bertz CT molecular complexity index is 833. The summed E-state index contributed by atoms with van der Waals surface area (Å²) in [5, 5.41) is 0.432. The third kappa shape index (κ3) is 3.84. The van der Waals surface area contributed by atoms with Gasteiger partial charge >= 0.3 is 0 Å². The van der Waals surface area contributed by atoms with E-state index < -0.39 is 0 Å². The van der Waals surface area contributed by atoms with Crippen LogP contribution in [0.1, 0.15) is 49.0 Å². The first-order valence-electron chi connectivity index (χ1n) is 9.96. The summed E-state index contributed by atoms with van der Waals surface area (Å²) >= 11 is 0. The molecule has 0 unspecified atom stereocenters. The molecular formula is C21H26FN3O2. The van der Waals surface area contributed by atoms with E-state index in [4.69, 9.17) is 0 Å². The number of nitrogens with one attached hydrogen (secondary N) is 1. The highest BCUT2D eigenvalue weighted by atomic mass is 19.1. The molecule has 1 aliphatic heterocycles. The van der Waals surface area contributed by atoms with E-state index in [2.05, 4.69) is 4.98 Å². The summed E-state index contributed by atoms with van der Waals surface area (Å²) in [5.74, 6) is 0.463. The van der Waals surface area contributed by atoms with Crippen molar-refractivity contribution in [1.82, 2.24) is 14.8 Å². The van der Waals surface area contributed by atoms with Crippen LogP contribution in [0.25, 0.3) is 10.9 Å². The van der Waals surface area contributed by atoms with Gasteiger partial charge in [-0.25, -0.2) is 4.39 Å². The van der Waals surface area contributed by atoms with Crippen molar-refractivity contribution >= 4 is 22.7 Å². The summed E-state index contributed by atoms with van der Waals surface area (Å²) < 4.78 is 13.8. The standard InChI is InChI=1S/C21H26FN3O2/c22-17-6-3-7-18-16(17)14-19(23-18)21(27)25-12-10-24(11-13-25)20(26)9-8-15-4-1-2-5-15/h3,6-7,14-15,23H,1-2,4-5,8-13H2. The van der Waals surface area contributed by atoms with E-state index in [1.165, 1.54) is 31.7 Å². The normalized spacial score (nSPS) is 18.4. The van der Waals surface area contributed by atoms with Crippen molar-refractivity contribution < 1.29 is 14.0 Å². The van der Waals surface area contributed by atoms with E-state index in [0.29, 0.717) is 49.2 Å². The van der Waals surface area contributed by atoms with Crippen LogP contribution in [-0.2, 0) is 4.79 Å². The van der Waals surface area contributed by atoms with Crippen LogP contribution in [0.15, 0.2) is 24.3 Å². The number of benzene rings is 1. The number of carbonyl (C=O) groups excluding carboxylic acids is 2. The zero-order valence-electron chi connectivity index (χ0n) is 15.5. The number of carbonyl (C=O) groups is 2. The molecule has 1 N–H and O–H groups in total. The number of nitrogens with zero attached hydrogens (tertiary/aromatic N) is 2. The number of amides is 2. The van der Waals surface area contributed by atoms with Gasteiger partial charge in [0.1, 0.15) is 11.5 Å². The van der Waals surface area contributed by atoms with Crippen LogP contribution in [0, 0.1) is 11.7 Å². The van der Waals surface area contributed by atoms with E-state index in [1.54, 1.807) is 23.1 Å². The second-order valence-corrected chi connectivity index (χ2v) is 7.75. The minimum atomic E-state index is -0.333. The van der Waals surface area contributed by atoms with Crippen LogP contribution in [0.4, 0.5) is 4.39 Å². The van der Waals surface area contributed by atoms with Gasteiger partial charge in [0.2, 0.25) is 5.91 Å². The maximum atomic E-state index is 13.8. The van der Waals surface area contributed by atoms with Crippen molar-refractivity contribution in [3.05, 3.63) is 35.8 Å². The Morgan fingerprint density at radius 1 is 1.07 bits per heavy atom. The number of halogens is 1. The Kier molecular flexibility index (Phi) is 5.14. The SMILES string of the molecule is O=C(CCC1CCCC1)N1CCN(C(=O)c2cc3c(F)cccc3[nH]2)CC1. The number of aromatic nitrogens is 1. The number of H-pyrrole nitrogens is 1. The first kappa shape index (κ1) is 18.0. The van der Waals surface area contributed by atoms with Gasteiger partial charge in [0.15, 0.2) is 0 Å². The Morgan fingerprint density at radius 3 is 2.48 bits per heavy atom. The van der Waals surface area contributed by atoms with E-state index >= 15 is 0 Å². The number of aromatic amines is 1. The average molecular weight is 371 g/mol. The molecule has 2 aliphatic rings. The predicted octanol–water partition coefficient (Wildman–Crippen LogP) is 3.56. The van der Waals surface area contributed by atoms with Gasteiger partial charge in [-0.1, -0.05) is 31.7 Å². The third-order valence-corrected chi connectivity index (χ3v) is 6.00. The lowest BCUT2D eigenvalue weighted by Gasteiger charge is -2.34. The van der Waals surface area contributed by atoms with Crippen molar-refractivity contribution in [2.24, 2.45) is 5.92 Å². The van der Waals surface area contributed by atoms with Gasteiger partial charge < -0.3 is 14.8 Å². The second kappa shape index (κ2) is 7.71. The summed E-state index contributed by atoms with van der Waals surface area (Å²) in [4.78, 5) is 31.8. The number of piperazine rings is 1. The van der Waals surface area contributed by atoms with Crippen LogP contribution >= 0.6 is 0 Å². The van der Waals surface area contributed by atoms with Gasteiger partial charge in [0.25, 0.3) is 5.91 Å². The quantitative estimate of drug-likeness (QED) is 0.893. The summed E-state index contributed by atoms with van der Waals surface area (Å²) in [5.41, 5.74) is 1.02. The molecule has 2 fully saturated rings. The van der Waals surface area contributed by atoms with E-state index in [9.17, 15) is 14.0 Å². The van der Waals surface area contributed by atoms with Crippen molar-refractivity contribution in [1.29, 1.82) is 0 Å². The Balaban J connectivity index is 1.32. The molecule has 2 aromatic rings. The highest BCUT2D eigenvalue weighted by Crippen LogP contribution is 2.28. The van der Waals surface area contributed by atoms with Crippen molar-refractivity contribution in [3.63, 3.8) is 0 Å². The molecule has 5 nitrogen and oxygen atoms in total. The number of fused-ring (bicyclic) bond motifs is 1. The van der Waals surface area contributed by atoms with Crippen molar-refractivity contribution in [2.45, 2.75) is 38.5 Å². The fourth-order valence-electron chi connectivity index (χ4n) is 4.35. The molecule has 1 aromatic carbocycles. The molecule has 144 valence electrons. The first-order valence-corrected chi connectivity index (χ1v) is 9.96. The highest BCUT2D eigenvalue weighted by molar-refractivity contribution is 5.98. The third-order valence-electron chi connectivity index (χ3n) is 6.00. The number of rotatable bonds is 4. The summed E-state index contributed by atoms with van der Waals surface area (Å²) in [6.07, 6.45) is 6.76. The minimum absolute atomic E-state index is 0.136. The molecule has 1 saturated heterocycles. The molecule has 2 heterocycles. The molecule has 2 amide bonds. The Morgan fingerprint density at radius 2 is 1.78 bits per heavy atom. The summed E-state index contributed by atoms with van der Waals surface area (Å²) in [7, 11) is 0. The van der Waals surface area contributed by atoms with Gasteiger partial charge in [-0.2, -0.15) is 0 Å². The predicted molar refractivity (Wildman–Crippen MR) is 102 cm³/mol. The minimum Gasteiger partial charge on any atom is -0.350 e. The lowest BCUT2D eigenvalue weighted by Crippen LogP contribution is -2.50. The highest BCUT2D eigenvalue weighted by Gasteiger charge is 2.26. The van der Waals surface area contributed by atoms with E-state index in [0.717, 1.165) is 12.3 Å². The number of hydrogen-bond donors (Lipinski definition) is 1. The van der Waals surface area contributed by atoms with Crippen molar-refractivity contribution in [3.8, 4) is 0 Å². The maximum absolute atomic E-state index is 13.8. The van der Waals surface area contributed by atoms with Gasteiger partial charge in [-0.15, -0.1) is 0 Å². The second-order valence-electron chi connectivity index (χ2n) is 7.75. The van der Waals surface area contributed by atoms with Gasteiger partial charge in [-0.05, 0) is 30.5 Å². The zero-order valence-corrected chi connectivity index (χ0v) is 15.5. The van der Waals surface area contributed by atoms with Crippen LogP contribution in [0.3, 0.4) is 0 Å². The fraction of sp³-hybridized carbons (Fsp3) is 0.524. The fourth-order valence-corrected chi connectivity index (χ4v) is 4.35. The molecular weight excluding hydrogens is 345 g/mol. The largest absolute Gasteiger partial charge is 0.350 e. The topological polar surface area (TPSA) is 56.4 Å². The molecule has 27 heavy (non-hydrogen) atoms. The number of hydrogen-bond acceptors (Lipinski definition) is 2. The van der Waals surface area contributed by atoms with Crippen molar-refractivity contribution in [2.75, 3.05) is 26.2 Å². The van der Waals surface area contributed by atoms with Crippen LogP contribution in [0.2, 0.25) is 0 Å². The molecule has 0 atom stereocenters. The molecule has 0 bridgehead atoms. The van der Waals surface area contributed by atoms with Crippen LogP contribution in [0.5, 0.6) is 0 Å². The molecule has 0 spiro atoms. The molecule has 1 saturated carbocycles. The lowest BCUT2D eigenvalue weighted by atomic mass is 10.0. The average Bonchev–Trinajstić information content (AvgIpc) is 3.36. The van der Waals surface area contributed by atoms with E-state index in [1.807, 2.05) is 4.90 Å². The maximum Gasteiger partial charge on any atom is 0.270 e. The Labute approximate surface area is 158 Å².